The third-order valence-corrected chi connectivity index (χ3v) is 3.01. The average molecular weight is 218 g/mol. The Balaban J connectivity index is 2.53. The summed E-state index contributed by atoms with van der Waals surface area (Å²) in [6, 6.07) is 5.85. The fourth-order valence-corrected chi connectivity index (χ4v) is 2.09. The molecule has 1 aliphatic heterocycles. The monoisotopic (exact) mass is 218 g/mol. The van der Waals surface area contributed by atoms with Gasteiger partial charge in [-0.05, 0) is 17.9 Å². The molecule has 0 spiro atoms. The molecule has 1 aliphatic rings. The van der Waals surface area contributed by atoms with Crippen molar-refractivity contribution in [3.05, 3.63) is 29.3 Å². The van der Waals surface area contributed by atoms with Crippen LogP contribution in [-0.4, -0.2) is 11.9 Å². The lowest BCUT2D eigenvalue weighted by molar-refractivity contribution is 0.0851. The SMILES string of the molecule is CCC1Oc2c(cccc2C(C)(C)C)C1=O. The van der Waals surface area contributed by atoms with Crippen molar-refractivity contribution in [1.82, 2.24) is 0 Å². The standard InChI is InChI=1S/C14H18O2/c1-5-11-12(15)9-7-6-8-10(13(9)16-11)14(2,3)4/h6-8,11H,5H2,1-4H3. The van der Waals surface area contributed by atoms with E-state index in [0.29, 0.717) is 0 Å². The van der Waals surface area contributed by atoms with E-state index in [9.17, 15) is 4.79 Å². The molecular formula is C14H18O2. The summed E-state index contributed by atoms with van der Waals surface area (Å²) in [5.41, 5.74) is 1.88. The molecule has 86 valence electrons. The van der Waals surface area contributed by atoms with Crippen LogP contribution in [-0.2, 0) is 5.41 Å². The second-order valence-electron chi connectivity index (χ2n) is 5.31. The van der Waals surface area contributed by atoms with E-state index in [1.807, 2.05) is 25.1 Å². The molecule has 2 nitrogen and oxygen atoms in total. The summed E-state index contributed by atoms with van der Waals surface area (Å²) in [6.45, 7) is 8.38. The maximum absolute atomic E-state index is 12.0. The van der Waals surface area contributed by atoms with E-state index in [1.165, 1.54) is 0 Å². The Kier molecular flexibility index (Phi) is 2.53. The minimum atomic E-state index is -0.279. The van der Waals surface area contributed by atoms with Gasteiger partial charge in [0.1, 0.15) is 5.75 Å². The first-order chi connectivity index (χ1) is 7.45. The van der Waals surface area contributed by atoms with Crippen molar-refractivity contribution in [2.24, 2.45) is 0 Å². The van der Waals surface area contributed by atoms with Crippen LogP contribution in [0.2, 0.25) is 0 Å². The van der Waals surface area contributed by atoms with Crippen LogP contribution in [0.4, 0.5) is 0 Å². The third kappa shape index (κ3) is 1.62. The lowest BCUT2D eigenvalue weighted by Crippen LogP contribution is -2.19. The molecule has 1 aromatic carbocycles. The van der Waals surface area contributed by atoms with Gasteiger partial charge in [-0.2, -0.15) is 0 Å². The number of carbonyl (C=O) groups excluding carboxylic acids is 1. The van der Waals surface area contributed by atoms with Gasteiger partial charge in [0, 0.05) is 5.56 Å². The van der Waals surface area contributed by atoms with Gasteiger partial charge in [0.2, 0.25) is 5.78 Å². The summed E-state index contributed by atoms with van der Waals surface area (Å²) >= 11 is 0. The van der Waals surface area contributed by atoms with Gasteiger partial charge in [-0.3, -0.25) is 4.79 Å². The van der Waals surface area contributed by atoms with Crippen LogP contribution in [0.5, 0.6) is 5.75 Å². The minimum Gasteiger partial charge on any atom is -0.481 e. The van der Waals surface area contributed by atoms with Crippen molar-refractivity contribution >= 4 is 5.78 Å². The molecule has 0 N–H and O–H groups in total. The van der Waals surface area contributed by atoms with Gasteiger partial charge in [0.15, 0.2) is 6.10 Å². The fraction of sp³-hybridized carbons (Fsp3) is 0.500. The molecule has 1 heterocycles. The summed E-state index contributed by atoms with van der Waals surface area (Å²) in [4.78, 5) is 12.0. The summed E-state index contributed by atoms with van der Waals surface area (Å²) in [5.74, 6) is 0.926. The van der Waals surface area contributed by atoms with Gasteiger partial charge in [-0.25, -0.2) is 0 Å². The number of ether oxygens (including phenoxy) is 1. The molecule has 2 rings (SSSR count). The molecular weight excluding hydrogens is 200 g/mol. The van der Waals surface area contributed by atoms with Crippen LogP contribution in [0.15, 0.2) is 18.2 Å². The predicted octanol–water partition coefficient (Wildman–Crippen LogP) is 3.34. The molecule has 0 saturated heterocycles. The summed E-state index contributed by atoms with van der Waals surface area (Å²) in [5, 5.41) is 0. The number of Topliss-reactive ketones (excluding diaryl/α,β-unsaturated/α-hetero) is 1. The zero-order valence-electron chi connectivity index (χ0n) is 10.3. The second kappa shape index (κ2) is 3.62. The number of para-hydroxylation sites is 1. The minimum absolute atomic E-state index is 0.00819. The van der Waals surface area contributed by atoms with E-state index in [4.69, 9.17) is 4.74 Å². The van der Waals surface area contributed by atoms with E-state index >= 15 is 0 Å². The van der Waals surface area contributed by atoms with Crippen molar-refractivity contribution < 1.29 is 9.53 Å². The zero-order valence-corrected chi connectivity index (χ0v) is 10.3. The molecule has 1 atom stereocenters. The van der Waals surface area contributed by atoms with Crippen molar-refractivity contribution in [3.63, 3.8) is 0 Å². The lowest BCUT2D eigenvalue weighted by atomic mass is 9.85. The highest BCUT2D eigenvalue weighted by Gasteiger charge is 2.34. The highest BCUT2D eigenvalue weighted by Crippen LogP contribution is 2.39. The van der Waals surface area contributed by atoms with Crippen molar-refractivity contribution in [2.75, 3.05) is 0 Å². The largest absolute Gasteiger partial charge is 0.481 e. The first kappa shape index (κ1) is 11.2. The van der Waals surface area contributed by atoms with Crippen LogP contribution < -0.4 is 4.74 Å². The van der Waals surface area contributed by atoms with Gasteiger partial charge in [-0.1, -0.05) is 39.8 Å². The smallest absolute Gasteiger partial charge is 0.207 e. The van der Waals surface area contributed by atoms with Gasteiger partial charge in [0.05, 0.1) is 5.56 Å². The van der Waals surface area contributed by atoms with Crippen molar-refractivity contribution in [3.8, 4) is 5.75 Å². The van der Waals surface area contributed by atoms with Gasteiger partial charge in [-0.15, -0.1) is 0 Å². The van der Waals surface area contributed by atoms with Crippen LogP contribution in [0, 0.1) is 0 Å². The predicted molar refractivity (Wildman–Crippen MR) is 64.2 cm³/mol. The van der Waals surface area contributed by atoms with Crippen LogP contribution >= 0.6 is 0 Å². The van der Waals surface area contributed by atoms with E-state index in [-0.39, 0.29) is 17.3 Å². The summed E-state index contributed by atoms with van der Waals surface area (Å²) in [7, 11) is 0. The average Bonchev–Trinajstić information content (AvgIpc) is 2.54. The molecule has 2 heteroatoms. The molecule has 0 radical (unpaired) electrons. The van der Waals surface area contributed by atoms with Crippen LogP contribution in [0.25, 0.3) is 0 Å². The molecule has 0 amide bonds. The number of carbonyl (C=O) groups is 1. The number of benzene rings is 1. The Morgan fingerprint density at radius 2 is 2.00 bits per heavy atom. The molecule has 1 unspecified atom stereocenters. The first-order valence-corrected chi connectivity index (χ1v) is 5.79. The number of hydrogen-bond donors (Lipinski definition) is 0. The topological polar surface area (TPSA) is 26.3 Å². The van der Waals surface area contributed by atoms with E-state index in [0.717, 1.165) is 23.3 Å². The lowest BCUT2D eigenvalue weighted by Gasteiger charge is -2.21. The van der Waals surface area contributed by atoms with Crippen LogP contribution in [0.3, 0.4) is 0 Å². The highest BCUT2D eigenvalue weighted by molar-refractivity contribution is 6.05. The van der Waals surface area contributed by atoms with Crippen LogP contribution in [0.1, 0.15) is 50.0 Å². The molecule has 0 bridgehead atoms. The number of fused-ring (bicyclic) bond motifs is 1. The Hall–Kier alpha value is -1.31. The highest BCUT2D eigenvalue weighted by atomic mass is 16.5. The van der Waals surface area contributed by atoms with Gasteiger partial charge >= 0.3 is 0 Å². The summed E-state index contributed by atoms with van der Waals surface area (Å²) < 4.78 is 5.78. The molecule has 0 saturated carbocycles. The maximum Gasteiger partial charge on any atom is 0.207 e. The molecule has 1 aromatic rings. The maximum atomic E-state index is 12.0. The third-order valence-electron chi connectivity index (χ3n) is 3.01. The Labute approximate surface area is 96.6 Å². The Morgan fingerprint density at radius 1 is 1.31 bits per heavy atom. The van der Waals surface area contributed by atoms with Crippen molar-refractivity contribution in [1.29, 1.82) is 0 Å². The first-order valence-electron chi connectivity index (χ1n) is 5.79. The second-order valence-corrected chi connectivity index (χ2v) is 5.31. The fourth-order valence-electron chi connectivity index (χ4n) is 2.09. The number of ketones is 1. The Bertz CT molecular complexity index is 427. The van der Waals surface area contributed by atoms with E-state index < -0.39 is 0 Å². The number of hydrogen-bond acceptors (Lipinski definition) is 2. The van der Waals surface area contributed by atoms with Crippen molar-refractivity contribution in [2.45, 2.75) is 45.6 Å². The normalized spacial score (nSPS) is 19.5. The summed E-state index contributed by atoms with van der Waals surface area (Å²) in [6.07, 6.45) is 0.454. The molecule has 16 heavy (non-hydrogen) atoms. The van der Waals surface area contributed by atoms with Gasteiger partial charge in [0.25, 0.3) is 0 Å². The van der Waals surface area contributed by atoms with E-state index in [2.05, 4.69) is 20.8 Å². The quantitative estimate of drug-likeness (QED) is 0.722. The van der Waals surface area contributed by atoms with E-state index in [1.54, 1.807) is 0 Å². The molecule has 0 aromatic heterocycles. The van der Waals surface area contributed by atoms with Gasteiger partial charge < -0.3 is 4.74 Å². The molecule has 0 fully saturated rings. The zero-order chi connectivity index (χ0) is 11.9. The number of rotatable bonds is 1. The Morgan fingerprint density at radius 3 is 2.56 bits per heavy atom. The molecule has 0 aliphatic carbocycles.